The molecule has 2 heterocycles. The molecule has 7 heteroatoms. The van der Waals surface area contributed by atoms with E-state index in [0.29, 0.717) is 21.3 Å². The molecule has 0 spiro atoms. The molecule has 0 unspecified atom stereocenters. The summed E-state index contributed by atoms with van der Waals surface area (Å²) in [6.45, 7) is 1.46. The Labute approximate surface area is 162 Å². The highest BCUT2D eigenvalue weighted by molar-refractivity contribution is 6.35. The van der Waals surface area contributed by atoms with Crippen molar-refractivity contribution in [1.82, 2.24) is 9.88 Å². The fourth-order valence-corrected chi connectivity index (χ4v) is 3.25. The van der Waals surface area contributed by atoms with Gasteiger partial charge in [0, 0.05) is 29.9 Å². The van der Waals surface area contributed by atoms with Gasteiger partial charge in [0.05, 0.1) is 10.7 Å². The first-order valence-corrected chi connectivity index (χ1v) is 9.32. The summed E-state index contributed by atoms with van der Waals surface area (Å²) < 4.78 is 0. The zero-order chi connectivity index (χ0) is 18.5. The van der Waals surface area contributed by atoms with Gasteiger partial charge in [0.2, 0.25) is 0 Å². The van der Waals surface area contributed by atoms with Crippen LogP contribution in [0.25, 0.3) is 0 Å². The van der Waals surface area contributed by atoms with Gasteiger partial charge in [-0.15, -0.1) is 0 Å². The molecule has 2 amide bonds. The van der Waals surface area contributed by atoms with Crippen molar-refractivity contribution in [3.63, 3.8) is 0 Å². The number of likely N-dealkylation sites (tertiary alicyclic amines) is 1. The second-order valence-corrected chi connectivity index (χ2v) is 7.06. The van der Waals surface area contributed by atoms with Crippen molar-refractivity contribution in [2.45, 2.75) is 25.7 Å². The number of rotatable bonds is 3. The number of amides is 2. The van der Waals surface area contributed by atoms with Crippen LogP contribution in [0.15, 0.2) is 36.5 Å². The van der Waals surface area contributed by atoms with Crippen LogP contribution in [0.5, 0.6) is 0 Å². The topological polar surface area (TPSA) is 62.3 Å². The predicted molar refractivity (Wildman–Crippen MR) is 103 cm³/mol. The Morgan fingerprint density at radius 1 is 1.00 bits per heavy atom. The summed E-state index contributed by atoms with van der Waals surface area (Å²) in [6, 6.07) is 7.91. The number of hydrogen-bond donors (Lipinski definition) is 1. The standard InChI is InChI=1S/C19H19Cl2N3O2/c20-14-5-6-15(21)16(12-14)23-18(25)13-7-8-22-17(11-13)19(26)24-9-3-1-2-4-10-24/h5-8,11-12H,1-4,9-10H2,(H,23,25). The SMILES string of the molecule is O=C(Nc1cc(Cl)ccc1Cl)c1ccnc(C(=O)N2CCCCCC2)c1. The molecule has 26 heavy (non-hydrogen) atoms. The molecule has 1 aromatic heterocycles. The number of hydrogen-bond acceptors (Lipinski definition) is 3. The van der Waals surface area contributed by atoms with Crippen LogP contribution in [0.4, 0.5) is 5.69 Å². The molecule has 0 radical (unpaired) electrons. The third-order valence-electron chi connectivity index (χ3n) is 4.31. The maximum Gasteiger partial charge on any atom is 0.272 e. The molecule has 1 saturated heterocycles. The molecule has 136 valence electrons. The van der Waals surface area contributed by atoms with Crippen LogP contribution in [-0.4, -0.2) is 34.8 Å². The lowest BCUT2D eigenvalue weighted by atomic mass is 10.2. The normalized spacial score (nSPS) is 14.6. The van der Waals surface area contributed by atoms with E-state index in [0.717, 1.165) is 38.8 Å². The van der Waals surface area contributed by atoms with Crippen LogP contribution in [-0.2, 0) is 0 Å². The lowest BCUT2D eigenvalue weighted by molar-refractivity contribution is 0.0755. The van der Waals surface area contributed by atoms with E-state index in [9.17, 15) is 9.59 Å². The zero-order valence-electron chi connectivity index (χ0n) is 14.2. The first-order chi connectivity index (χ1) is 12.5. The van der Waals surface area contributed by atoms with E-state index in [1.807, 2.05) is 4.90 Å². The van der Waals surface area contributed by atoms with E-state index in [-0.39, 0.29) is 17.5 Å². The van der Waals surface area contributed by atoms with E-state index in [1.54, 1.807) is 24.3 Å². The minimum Gasteiger partial charge on any atom is -0.337 e. The summed E-state index contributed by atoms with van der Waals surface area (Å²) in [5.41, 5.74) is 1.03. The monoisotopic (exact) mass is 391 g/mol. The van der Waals surface area contributed by atoms with Gasteiger partial charge in [0.15, 0.2) is 0 Å². The Kier molecular flexibility index (Phi) is 6.12. The van der Waals surface area contributed by atoms with Gasteiger partial charge >= 0.3 is 0 Å². The minimum atomic E-state index is -0.374. The van der Waals surface area contributed by atoms with Crippen molar-refractivity contribution >= 4 is 40.7 Å². The van der Waals surface area contributed by atoms with Crippen molar-refractivity contribution in [3.05, 3.63) is 57.8 Å². The van der Waals surface area contributed by atoms with Crippen molar-refractivity contribution < 1.29 is 9.59 Å². The fourth-order valence-electron chi connectivity index (χ4n) is 2.91. The molecule has 1 aliphatic heterocycles. The minimum absolute atomic E-state index is 0.137. The van der Waals surface area contributed by atoms with Gasteiger partial charge in [-0.2, -0.15) is 0 Å². The molecule has 1 aliphatic rings. The smallest absolute Gasteiger partial charge is 0.272 e. The predicted octanol–water partition coefficient (Wildman–Crippen LogP) is 4.66. The molecule has 2 aromatic rings. The van der Waals surface area contributed by atoms with E-state index < -0.39 is 0 Å². The number of carbonyl (C=O) groups excluding carboxylic acids is 2. The Morgan fingerprint density at radius 3 is 2.46 bits per heavy atom. The van der Waals surface area contributed by atoms with Crippen molar-refractivity contribution in [3.8, 4) is 0 Å². The summed E-state index contributed by atoms with van der Waals surface area (Å²) in [5, 5.41) is 3.57. The first-order valence-electron chi connectivity index (χ1n) is 8.56. The molecule has 1 aromatic carbocycles. The molecule has 5 nitrogen and oxygen atoms in total. The molecule has 1 fully saturated rings. The molecule has 0 aliphatic carbocycles. The third-order valence-corrected chi connectivity index (χ3v) is 4.88. The third kappa shape index (κ3) is 4.54. The molecule has 0 bridgehead atoms. The van der Waals surface area contributed by atoms with Crippen molar-refractivity contribution in [2.24, 2.45) is 0 Å². The van der Waals surface area contributed by atoms with Crippen molar-refractivity contribution in [1.29, 1.82) is 0 Å². The second-order valence-electron chi connectivity index (χ2n) is 6.21. The highest BCUT2D eigenvalue weighted by atomic mass is 35.5. The summed E-state index contributed by atoms with van der Waals surface area (Å²) in [7, 11) is 0. The van der Waals surface area contributed by atoms with Crippen LogP contribution < -0.4 is 5.32 Å². The maximum absolute atomic E-state index is 12.7. The van der Waals surface area contributed by atoms with E-state index in [4.69, 9.17) is 23.2 Å². The van der Waals surface area contributed by atoms with Gasteiger partial charge in [-0.3, -0.25) is 14.6 Å². The average Bonchev–Trinajstić information content (AvgIpc) is 2.93. The molecule has 0 saturated carbocycles. The molecule has 0 atom stereocenters. The number of benzene rings is 1. The fraction of sp³-hybridized carbons (Fsp3) is 0.316. The average molecular weight is 392 g/mol. The van der Waals surface area contributed by atoms with Gasteiger partial charge in [-0.1, -0.05) is 36.0 Å². The van der Waals surface area contributed by atoms with Crippen LogP contribution in [0.3, 0.4) is 0 Å². The highest BCUT2D eigenvalue weighted by Crippen LogP contribution is 2.26. The maximum atomic E-state index is 12.7. The van der Waals surface area contributed by atoms with Crippen LogP contribution in [0, 0.1) is 0 Å². The van der Waals surface area contributed by atoms with Gasteiger partial charge in [0.25, 0.3) is 11.8 Å². The number of aromatic nitrogens is 1. The largest absolute Gasteiger partial charge is 0.337 e. The summed E-state index contributed by atoms with van der Waals surface area (Å²) in [6.07, 6.45) is 5.75. The molecular weight excluding hydrogens is 373 g/mol. The molecular formula is C19H19Cl2N3O2. The number of carbonyl (C=O) groups is 2. The number of anilines is 1. The summed E-state index contributed by atoms with van der Waals surface area (Å²) in [5.74, 6) is -0.510. The lowest BCUT2D eigenvalue weighted by Crippen LogP contribution is -2.32. The van der Waals surface area contributed by atoms with Gasteiger partial charge in [0.1, 0.15) is 5.69 Å². The van der Waals surface area contributed by atoms with Crippen molar-refractivity contribution in [2.75, 3.05) is 18.4 Å². The van der Waals surface area contributed by atoms with E-state index in [1.165, 1.54) is 12.3 Å². The zero-order valence-corrected chi connectivity index (χ0v) is 15.7. The molecule has 3 rings (SSSR count). The number of nitrogens with one attached hydrogen (secondary N) is 1. The van der Waals surface area contributed by atoms with Crippen LogP contribution in [0.2, 0.25) is 10.0 Å². The lowest BCUT2D eigenvalue weighted by Gasteiger charge is -2.19. The van der Waals surface area contributed by atoms with Gasteiger partial charge in [-0.25, -0.2) is 0 Å². The Morgan fingerprint density at radius 2 is 1.73 bits per heavy atom. The number of halogens is 2. The number of pyridine rings is 1. The Bertz CT molecular complexity index is 818. The highest BCUT2D eigenvalue weighted by Gasteiger charge is 2.20. The van der Waals surface area contributed by atoms with Crippen LogP contribution in [0.1, 0.15) is 46.5 Å². The molecule has 1 N–H and O–H groups in total. The quantitative estimate of drug-likeness (QED) is 0.827. The van der Waals surface area contributed by atoms with Gasteiger partial charge in [-0.05, 0) is 43.2 Å². The van der Waals surface area contributed by atoms with E-state index in [2.05, 4.69) is 10.3 Å². The number of nitrogens with zero attached hydrogens (tertiary/aromatic N) is 2. The second kappa shape index (κ2) is 8.52. The van der Waals surface area contributed by atoms with E-state index >= 15 is 0 Å². The van der Waals surface area contributed by atoms with Crippen LogP contribution >= 0.6 is 23.2 Å². The summed E-state index contributed by atoms with van der Waals surface area (Å²) in [4.78, 5) is 31.2. The van der Waals surface area contributed by atoms with Gasteiger partial charge < -0.3 is 10.2 Å². The summed E-state index contributed by atoms with van der Waals surface area (Å²) >= 11 is 12.0. The first kappa shape index (κ1) is 18.7. The Hall–Kier alpha value is -2.11. The Balaban J connectivity index is 1.76.